The molecule has 2 aliphatic rings. The van der Waals surface area contributed by atoms with Gasteiger partial charge in [-0.05, 0) is 70.6 Å². The van der Waals surface area contributed by atoms with Gasteiger partial charge < -0.3 is 64.2 Å². The summed E-state index contributed by atoms with van der Waals surface area (Å²) < 4.78 is 33.6. The molecule has 0 aromatic rings. The van der Waals surface area contributed by atoms with Gasteiger partial charge in [0.1, 0.15) is 55.4 Å². The summed E-state index contributed by atoms with van der Waals surface area (Å²) in [6.07, 6.45) is 25.9. The molecule has 4 unspecified atom stereocenters. The summed E-state index contributed by atoms with van der Waals surface area (Å²) in [7, 11) is 0. The second-order valence-electron chi connectivity index (χ2n) is 18.7. The fraction of sp³-hybridized carbons (Fsp3) is 0.849. The minimum atomic E-state index is -1.77. The Morgan fingerprint density at radius 1 is 0.471 bits per heavy atom. The first kappa shape index (κ1) is 61.8. The molecule has 396 valence electrons. The van der Waals surface area contributed by atoms with Crippen LogP contribution >= 0.6 is 0 Å². The molecule has 7 N–H and O–H groups in total. The van der Waals surface area contributed by atoms with E-state index in [0.717, 1.165) is 83.5 Å². The second kappa shape index (κ2) is 40.3. The van der Waals surface area contributed by atoms with Gasteiger partial charge >= 0.3 is 11.9 Å². The third kappa shape index (κ3) is 27.9. The Hall–Kier alpha value is -2.28. The molecule has 2 heterocycles. The summed E-state index contributed by atoms with van der Waals surface area (Å²) in [6, 6.07) is 0. The van der Waals surface area contributed by atoms with Gasteiger partial charge in [0.25, 0.3) is 0 Å². The summed E-state index contributed by atoms with van der Waals surface area (Å²) in [5, 5.41) is 72.1. The Bertz CT molecular complexity index is 1330. The summed E-state index contributed by atoms with van der Waals surface area (Å²) in [4.78, 5) is 25.8. The molecule has 2 aliphatic heterocycles. The van der Waals surface area contributed by atoms with Crippen LogP contribution in [0.15, 0.2) is 36.5 Å². The zero-order valence-corrected chi connectivity index (χ0v) is 41.8. The lowest BCUT2D eigenvalue weighted by Crippen LogP contribution is -2.61. The lowest BCUT2D eigenvalue weighted by atomic mass is 9.98. The quantitative estimate of drug-likeness (QED) is 0.0177. The fourth-order valence-corrected chi connectivity index (χ4v) is 8.18. The molecule has 15 nitrogen and oxygen atoms in total. The number of ether oxygens (including phenoxy) is 6. The van der Waals surface area contributed by atoms with E-state index in [1.165, 1.54) is 70.6 Å². The highest BCUT2D eigenvalue weighted by Gasteiger charge is 2.47. The molecule has 2 rings (SSSR count). The highest BCUT2D eigenvalue weighted by molar-refractivity contribution is 5.70. The van der Waals surface area contributed by atoms with Gasteiger partial charge in [-0.2, -0.15) is 0 Å². The first-order chi connectivity index (χ1) is 33.0. The number of esters is 2. The van der Waals surface area contributed by atoms with E-state index >= 15 is 0 Å². The van der Waals surface area contributed by atoms with Gasteiger partial charge in [0.05, 0.1) is 19.8 Å². The number of hydrogen-bond acceptors (Lipinski definition) is 15. The Morgan fingerprint density at radius 2 is 0.882 bits per heavy atom. The van der Waals surface area contributed by atoms with Crippen molar-refractivity contribution in [2.45, 2.75) is 261 Å². The zero-order valence-electron chi connectivity index (χ0n) is 41.8. The van der Waals surface area contributed by atoms with Gasteiger partial charge in [-0.3, -0.25) is 9.59 Å². The monoisotopic (exact) mass is 971 g/mol. The van der Waals surface area contributed by atoms with Crippen molar-refractivity contribution in [3.8, 4) is 0 Å². The van der Waals surface area contributed by atoms with E-state index in [9.17, 15) is 45.3 Å². The van der Waals surface area contributed by atoms with Crippen molar-refractivity contribution < 1.29 is 73.8 Å². The van der Waals surface area contributed by atoms with Crippen LogP contribution in [-0.4, -0.2) is 142 Å². The number of carbonyl (C=O) groups is 2. The topological polar surface area (TPSA) is 231 Å². The lowest BCUT2D eigenvalue weighted by Gasteiger charge is -2.42. The van der Waals surface area contributed by atoms with Crippen molar-refractivity contribution in [3.05, 3.63) is 36.5 Å². The summed E-state index contributed by atoms with van der Waals surface area (Å²) in [5.41, 5.74) is 0. The molecule has 0 spiro atoms. The van der Waals surface area contributed by atoms with Crippen LogP contribution in [0.25, 0.3) is 0 Å². The average Bonchev–Trinajstić information content (AvgIpc) is 3.33. The van der Waals surface area contributed by atoms with Crippen molar-refractivity contribution in [1.82, 2.24) is 0 Å². The molecule has 0 aliphatic carbocycles. The molecule has 2 fully saturated rings. The van der Waals surface area contributed by atoms with Gasteiger partial charge in [0.15, 0.2) is 18.7 Å². The van der Waals surface area contributed by atoms with Gasteiger partial charge in [0.2, 0.25) is 0 Å². The normalized spacial score (nSPS) is 26.0. The zero-order chi connectivity index (χ0) is 49.6. The van der Waals surface area contributed by atoms with Crippen LogP contribution < -0.4 is 0 Å². The van der Waals surface area contributed by atoms with Crippen molar-refractivity contribution in [2.24, 2.45) is 0 Å². The van der Waals surface area contributed by atoms with E-state index in [0.29, 0.717) is 12.8 Å². The Labute approximate surface area is 408 Å². The number of carbonyl (C=O) groups excluding carboxylic acids is 2. The molecule has 0 radical (unpaired) electrons. The standard InChI is InChI=1S/C53H94O15/c1-3-5-7-9-11-13-15-17-19-20-22-24-26-28-30-32-34-36-45(56)66-41(38-63-44(55)35-33-31-29-27-25-23-21-18-16-14-12-10-8-6-4-2)39-64-52-51(62)49(60)47(58)43(68-52)40-65-53-50(61)48(59)46(57)42(37-54)67-53/h11,13,17,19,23,25,41-43,46-54,57-62H,3-10,12,14-16,18,20-22,24,26-40H2,1-2H3/b13-11+,19-17+,25-23+/t41-,42+,43+,46-,47-,48?,49?,50?,51?,52+,53+/m1/s1. The Kier molecular flexibility index (Phi) is 36.7. The molecule has 0 saturated carbocycles. The molecule has 15 heteroatoms. The van der Waals surface area contributed by atoms with E-state index in [2.05, 4.69) is 50.3 Å². The lowest BCUT2D eigenvalue weighted by molar-refractivity contribution is -0.332. The van der Waals surface area contributed by atoms with Crippen LogP contribution in [0.5, 0.6) is 0 Å². The number of unbranched alkanes of at least 4 members (excludes halogenated alkanes) is 21. The number of hydrogen-bond donors (Lipinski definition) is 7. The van der Waals surface area contributed by atoms with Gasteiger partial charge in [-0.1, -0.05) is 147 Å². The SMILES string of the molecule is CCCCC/C=C/C/C=C/CCCCCCCCCC(=O)O[C@H](COC(=O)CCCCC/C=C/CCCCCCCCCC)CO[C@H]1O[C@@H](CO[C@H]2O[C@@H](CO)[C@@H](O)C(O)C2O)[C@@H](O)C(O)C1O. The number of rotatable bonds is 41. The van der Waals surface area contributed by atoms with Crippen molar-refractivity contribution in [1.29, 1.82) is 0 Å². The number of allylic oxidation sites excluding steroid dienone is 6. The first-order valence-corrected chi connectivity index (χ1v) is 26.6. The van der Waals surface area contributed by atoms with E-state index in [1.54, 1.807) is 0 Å². The van der Waals surface area contributed by atoms with Crippen LogP contribution in [0.2, 0.25) is 0 Å². The molecular weight excluding hydrogens is 877 g/mol. The highest BCUT2D eigenvalue weighted by atomic mass is 16.7. The third-order valence-electron chi connectivity index (χ3n) is 12.6. The van der Waals surface area contributed by atoms with Crippen molar-refractivity contribution >= 4 is 11.9 Å². The van der Waals surface area contributed by atoms with Crippen LogP contribution in [0.3, 0.4) is 0 Å². The van der Waals surface area contributed by atoms with Crippen LogP contribution in [-0.2, 0) is 38.0 Å². The fourth-order valence-electron chi connectivity index (χ4n) is 8.18. The summed E-state index contributed by atoms with van der Waals surface area (Å²) in [5.74, 6) is -0.949. The Morgan fingerprint density at radius 3 is 1.43 bits per heavy atom. The average molecular weight is 971 g/mol. The predicted octanol–water partition coefficient (Wildman–Crippen LogP) is 7.71. The van der Waals surface area contributed by atoms with Gasteiger partial charge in [0, 0.05) is 12.8 Å². The molecular formula is C53H94O15. The van der Waals surface area contributed by atoms with E-state index in [1.807, 2.05) is 0 Å². The summed E-state index contributed by atoms with van der Waals surface area (Å²) >= 11 is 0. The van der Waals surface area contributed by atoms with Crippen molar-refractivity contribution in [3.63, 3.8) is 0 Å². The molecule has 0 amide bonds. The minimum Gasteiger partial charge on any atom is -0.462 e. The predicted molar refractivity (Wildman–Crippen MR) is 261 cm³/mol. The molecule has 11 atom stereocenters. The van der Waals surface area contributed by atoms with E-state index in [4.69, 9.17) is 28.4 Å². The third-order valence-corrected chi connectivity index (χ3v) is 12.6. The maximum Gasteiger partial charge on any atom is 0.306 e. The van der Waals surface area contributed by atoms with Gasteiger partial charge in [-0.25, -0.2) is 0 Å². The van der Waals surface area contributed by atoms with E-state index in [-0.39, 0.29) is 26.1 Å². The smallest absolute Gasteiger partial charge is 0.306 e. The Balaban J connectivity index is 1.81. The van der Waals surface area contributed by atoms with E-state index < -0.39 is 92.7 Å². The molecule has 68 heavy (non-hydrogen) atoms. The van der Waals surface area contributed by atoms with Crippen LogP contribution in [0.1, 0.15) is 194 Å². The van der Waals surface area contributed by atoms with Crippen molar-refractivity contribution in [2.75, 3.05) is 26.4 Å². The maximum absolute atomic E-state index is 13.0. The first-order valence-electron chi connectivity index (χ1n) is 26.6. The second-order valence-corrected chi connectivity index (χ2v) is 18.7. The minimum absolute atomic E-state index is 0.153. The highest BCUT2D eigenvalue weighted by Crippen LogP contribution is 2.26. The van der Waals surface area contributed by atoms with Gasteiger partial charge in [-0.15, -0.1) is 0 Å². The molecule has 0 aromatic carbocycles. The summed E-state index contributed by atoms with van der Waals surface area (Å²) in [6.45, 7) is 2.55. The molecule has 2 saturated heterocycles. The van der Waals surface area contributed by atoms with Crippen LogP contribution in [0.4, 0.5) is 0 Å². The number of aliphatic hydroxyl groups is 7. The largest absolute Gasteiger partial charge is 0.462 e. The molecule has 0 aromatic heterocycles. The molecule has 0 bridgehead atoms. The maximum atomic E-state index is 13.0. The number of aliphatic hydroxyl groups excluding tert-OH is 7. The van der Waals surface area contributed by atoms with Crippen LogP contribution in [0, 0.1) is 0 Å².